The van der Waals surface area contributed by atoms with Gasteiger partial charge >= 0.3 is 5.69 Å². The van der Waals surface area contributed by atoms with Crippen LogP contribution in [0.5, 0.6) is 5.75 Å². The van der Waals surface area contributed by atoms with Gasteiger partial charge in [-0.2, -0.15) is 5.10 Å². The zero-order chi connectivity index (χ0) is 20.4. The molecule has 0 heterocycles. The number of hydrogen-bond acceptors (Lipinski definition) is 8. The van der Waals surface area contributed by atoms with Gasteiger partial charge < -0.3 is 9.47 Å². The summed E-state index contributed by atoms with van der Waals surface area (Å²) in [4.78, 5) is 20.4. The average molecular weight is 409 g/mol. The predicted octanol–water partition coefficient (Wildman–Crippen LogP) is 3.58. The van der Waals surface area contributed by atoms with Crippen LogP contribution in [0, 0.1) is 20.2 Å². The maximum Gasteiger partial charge on any atom is 0.301 e. The summed E-state index contributed by atoms with van der Waals surface area (Å²) in [6.07, 6.45) is 1.46. The summed E-state index contributed by atoms with van der Waals surface area (Å²) in [7, 11) is 0. The topological polar surface area (TPSA) is 129 Å². The number of hydrazone groups is 1. The quantitative estimate of drug-likeness (QED) is 0.198. The minimum absolute atomic E-state index is 0.0451. The summed E-state index contributed by atoms with van der Waals surface area (Å²) in [5, 5.41) is 25.7. The van der Waals surface area contributed by atoms with Crippen molar-refractivity contribution in [2.24, 2.45) is 5.10 Å². The number of rotatable bonds is 11. The van der Waals surface area contributed by atoms with Crippen LogP contribution < -0.4 is 10.2 Å². The SMILES string of the molecule is O=[N+]([O-])c1ccc(N/N=C\c2ccc(OCCOCCCl)cc2)c([N+](=O)[O-])c1. The summed E-state index contributed by atoms with van der Waals surface area (Å²) in [6.45, 7) is 1.31. The van der Waals surface area contributed by atoms with Crippen molar-refractivity contribution in [1.82, 2.24) is 0 Å². The third-order valence-corrected chi connectivity index (χ3v) is 3.54. The highest BCUT2D eigenvalue weighted by Crippen LogP contribution is 2.28. The highest BCUT2D eigenvalue weighted by atomic mass is 35.5. The lowest BCUT2D eigenvalue weighted by Crippen LogP contribution is -2.07. The first-order chi connectivity index (χ1) is 13.5. The molecule has 28 heavy (non-hydrogen) atoms. The molecule has 148 valence electrons. The number of nitrogens with zero attached hydrogens (tertiary/aromatic N) is 3. The number of hydrogen-bond donors (Lipinski definition) is 1. The Bertz CT molecular complexity index is 844. The number of alkyl halides is 1. The fraction of sp³-hybridized carbons (Fsp3) is 0.235. The van der Waals surface area contributed by atoms with Gasteiger partial charge in [0.25, 0.3) is 5.69 Å². The lowest BCUT2D eigenvalue weighted by atomic mass is 10.2. The molecule has 0 amide bonds. The molecule has 0 saturated carbocycles. The molecular weight excluding hydrogens is 392 g/mol. The van der Waals surface area contributed by atoms with Crippen molar-refractivity contribution >= 4 is 34.9 Å². The van der Waals surface area contributed by atoms with Crippen LogP contribution in [0.25, 0.3) is 0 Å². The van der Waals surface area contributed by atoms with Crippen LogP contribution in [-0.4, -0.2) is 41.8 Å². The van der Waals surface area contributed by atoms with Crippen LogP contribution in [0.3, 0.4) is 0 Å². The van der Waals surface area contributed by atoms with Gasteiger partial charge in [0.15, 0.2) is 0 Å². The second-order valence-electron chi connectivity index (χ2n) is 5.30. The Balaban J connectivity index is 1.94. The number of nitro groups is 2. The van der Waals surface area contributed by atoms with Crippen LogP contribution in [0.1, 0.15) is 5.56 Å². The summed E-state index contributed by atoms with van der Waals surface area (Å²) < 4.78 is 10.7. The van der Waals surface area contributed by atoms with Crippen molar-refractivity contribution in [3.05, 3.63) is 68.3 Å². The number of anilines is 1. The summed E-state index contributed by atoms with van der Waals surface area (Å²) in [5.74, 6) is 1.09. The van der Waals surface area contributed by atoms with E-state index in [0.29, 0.717) is 31.5 Å². The van der Waals surface area contributed by atoms with Gasteiger partial charge in [0, 0.05) is 11.9 Å². The molecule has 0 radical (unpaired) electrons. The average Bonchev–Trinajstić information content (AvgIpc) is 2.69. The Labute approximate surface area is 165 Å². The Morgan fingerprint density at radius 2 is 1.79 bits per heavy atom. The fourth-order valence-corrected chi connectivity index (χ4v) is 2.19. The van der Waals surface area contributed by atoms with Gasteiger partial charge in [0.05, 0.1) is 35.3 Å². The molecule has 11 heteroatoms. The van der Waals surface area contributed by atoms with E-state index < -0.39 is 15.5 Å². The summed E-state index contributed by atoms with van der Waals surface area (Å²) >= 11 is 5.50. The lowest BCUT2D eigenvalue weighted by Gasteiger charge is -2.06. The molecule has 0 aliphatic carbocycles. The van der Waals surface area contributed by atoms with E-state index in [1.54, 1.807) is 24.3 Å². The second kappa shape index (κ2) is 10.8. The first-order valence-corrected chi connectivity index (χ1v) is 8.63. The van der Waals surface area contributed by atoms with Gasteiger partial charge in [-0.3, -0.25) is 25.7 Å². The first-order valence-electron chi connectivity index (χ1n) is 8.09. The maximum atomic E-state index is 11.1. The van der Waals surface area contributed by atoms with Crippen molar-refractivity contribution in [3.8, 4) is 5.75 Å². The standard InChI is InChI=1S/C17H17ClN4O6/c18-7-8-27-9-10-28-15-4-1-13(2-5-15)12-19-20-16-6-3-14(21(23)24)11-17(16)22(25)26/h1-6,11-12,20H,7-10H2/b19-12-. The Morgan fingerprint density at radius 1 is 1.04 bits per heavy atom. The number of non-ortho nitro benzene ring substituents is 1. The molecule has 0 aliphatic rings. The van der Waals surface area contributed by atoms with Crippen molar-refractivity contribution in [3.63, 3.8) is 0 Å². The normalized spacial score (nSPS) is 10.8. The number of ether oxygens (including phenoxy) is 2. The number of nitrogens with one attached hydrogen (secondary N) is 1. The van der Waals surface area contributed by atoms with Crippen LogP contribution in [0.4, 0.5) is 17.1 Å². The zero-order valence-electron chi connectivity index (χ0n) is 14.6. The Kier molecular flexibility index (Phi) is 8.12. The molecular formula is C17H17ClN4O6. The molecule has 0 aliphatic heterocycles. The molecule has 0 spiro atoms. The monoisotopic (exact) mass is 408 g/mol. The van der Waals surface area contributed by atoms with Crippen LogP contribution in [0.2, 0.25) is 0 Å². The van der Waals surface area contributed by atoms with Crippen LogP contribution in [0.15, 0.2) is 47.6 Å². The van der Waals surface area contributed by atoms with Gasteiger partial charge in [-0.05, 0) is 35.9 Å². The number of halogens is 1. The molecule has 10 nitrogen and oxygen atoms in total. The largest absolute Gasteiger partial charge is 0.491 e. The summed E-state index contributed by atoms with van der Waals surface area (Å²) in [5.41, 5.74) is 2.49. The molecule has 0 bridgehead atoms. The minimum atomic E-state index is -0.714. The summed E-state index contributed by atoms with van der Waals surface area (Å²) in [6, 6.07) is 10.3. The molecule has 2 aromatic carbocycles. The van der Waals surface area contributed by atoms with E-state index in [9.17, 15) is 20.2 Å². The van der Waals surface area contributed by atoms with Gasteiger partial charge in [0.2, 0.25) is 0 Å². The molecule has 0 fully saturated rings. The van der Waals surface area contributed by atoms with Gasteiger partial charge in [-0.25, -0.2) is 0 Å². The van der Waals surface area contributed by atoms with Gasteiger partial charge in [-0.15, -0.1) is 11.6 Å². The van der Waals surface area contributed by atoms with E-state index in [0.717, 1.165) is 17.7 Å². The third kappa shape index (κ3) is 6.49. The van der Waals surface area contributed by atoms with E-state index in [4.69, 9.17) is 21.1 Å². The van der Waals surface area contributed by atoms with Crippen molar-refractivity contribution < 1.29 is 19.3 Å². The smallest absolute Gasteiger partial charge is 0.301 e. The zero-order valence-corrected chi connectivity index (χ0v) is 15.4. The van der Waals surface area contributed by atoms with Gasteiger partial charge in [0.1, 0.15) is 18.0 Å². The lowest BCUT2D eigenvalue weighted by molar-refractivity contribution is -0.393. The Hall–Kier alpha value is -3.24. The minimum Gasteiger partial charge on any atom is -0.491 e. The van der Waals surface area contributed by atoms with E-state index >= 15 is 0 Å². The molecule has 0 saturated heterocycles. The van der Waals surface area contributed by atoms with E-state index in [-0.39, 0.29) is 11.4 Å². The van der Waals surface area contributed by atoms with Crippen LogP contribution in [-0.2, 0) is 4.74 Å². The van der Waals surface area contributed by atoms with Gasteiger partial charge in [-0.1, -0.05) is 0 Å². The molecule has 2 aromatic rings. The maximum absolute atomic E-state index is 11.1. The van der Waals surface area contributed by atoms with Crippen molar-refractivity contribution in [2.75, 3.05) is 31.1 Å². The van der Waals surface area contributed by atoms with E-state index in [1.165, 1.54) is 12.3 Å². The first kappa shape index (κ1) is 21.1. The molecule has 1 N–H and O–H groups in total. The van der Waals surface area contributed by atoms with Crippen LogP contribution >= 0.6 is 11.6 Å². The molecule has 0 unspecified atom stereocenters. The molecule has 2 rings (SSSR count). The van der Waals surface area contributed by atoms with Crippen molar-refractivity contribution in [2.45, 2.75) is 0 Å². The van der Waals surface area contributed by atoms with Crippen molar-refractivity contribution in [1.29, 1.82) is 0 Å². The molecule has 0 aromatic heterocycles. The predicted molar refractivity (Wildman–Crippen MR) is 104 cm³/mol. The number of nitro benzene ring substituents is 2. The fourth-order valence-electron chi connectivity index (χ4n) is 2.08. The van der Waals surface area contributed by atoms with E-state index in [1.807, 2.05) is 0 Å². The van der Waals surface area contributed by atoms with E-state index in [2.05, 4.69) is 10.5 Å². The number of benzene rings is 2. The highest BCUT2D eigenvalue weighted by Gasteiger charge is 2.19. The highest BCUT2D eigenvalue weighted by molar-refractivity contribution is 6.17. The Morgan fingerprint density at radius 3 is 2.43 bits per heavy atom. The molecule has 0 atom stereocenters. The third-order valence-electron chi connectivity index (χ3n) is 3.39. The second-order valence-corrected chi connectivity index (χ2v) is 5.68.